The van der Waals surface area contributed by atoms with Crippen LogP contribution in [0.15, 0.2) is 48.5 Å². The Bertz CT molecular complexity index is 784. The van der Waals surface area contributed by atoms with E-state index in [9.17, 15) is 22.4 Å². The van der Waals surface area contributed by atoms with Gasteiger partial charge in [0.1, 0.15) is 5.82 Å². The first-order chi connectivity index (χ1) is 12.8. The maximum absolute atomic E-state index is 13.8. The SMILES string of the molecule is O=C(CN1CCN(c2ccccc2F)CC1)Nc1ccc(C(F)(F)F)cc1. The first kappa shape index (κ1) is 19.2. The van der Waals surface area contributed by atoms with Crippen molar-refractivity contribution in [1.82, 2.24) is 4.90 Å². The Morgan fingerprint density at radius 1 is 0.963 bits per heavy atom. The van der Waals surface area contributed by atoms with E-state index in [1.165, 1.54) is 18.2 Å². The molecule has 1 aliphatic heterocycles. The number of para-hydroxylation sites is 1. The van der Waals surface area contributed by atoms with Crippen LogP contribution in [-0.4, -0.2) is 43.5 Å². The molecule has 1 aliphatic rings. The molecule has 0 spiro atoms. The third kappa shape index (κ3) is 4.97. The van der Waals surface area contributed by atoms with E-state index in [2.05, 4.69) is 5.32 Å². The first-order valence-electron chi connectivity index (χ1n) is 8.52. The maximum atomic E-state index is 13.8. The molecular formula is C19H19F4N3O. The number of piperazine rings is 1. The number of carbonyl (C=O) groups excluding carboxylic acids is 1. The lowest BCUT2D eigenvalue weighted by Gasteiger charge is -2.35. The molecule has 2 aromatic rings. The average Bonchev–Trinajstić information content (AvgIpc) is 2.62. The summed E-state index contributed by atoms with van der Waals surface area (Å²) in [7, 11) is 0. The third-order valence-electron chi connectivity index (χ3n) is 4.43. The second-order valence-electron chi connectivity index (χ2n) is 6.34. The minimum Gasteiger partial charge on any atom is -0.367 e. The average molecular weight is 381 g/mol. The molecule has 1 N–H and O–H groups in total. The van der Waals surface area contributed by atoms with Crippen LogP contribution in [0.25, 0.3) is 0 Å². The number of benzene rings is 2. The van der Waals surface area contributed by atoms with E-state index in [1.807, 2.05) is 9.80 Å². The van der Waals surface area contributed by atoms with Crippen LogP contribution in [0, 0.1) is 5.82 Å². The topological polar surface area (TPSA) is 35.6 Å². The van der Waals surface area contributed by atoms with Gasteiger partial charge in [0.05, 0.1) is 17.8 Å². The quantitative estimate of drug-likeness (QED) is 0.822. The van der Waals surface area contributed by atoms with Gasteiger partial charge in [0.25, 0.3) is 0 Å². The fourth-order valence-corrected chi connectivity index (χ4v) is 3.00. The predicted molar refractivity (Wildman–Crippen MR) is 95.1 cm³/mol. The summed E-state index contributed by atoms with van der Waals surface area (Å²) in [5.74, 6) is -0.569. The smallest absolute Gasteiger partial charge is 0.367 e. The highest BCUT2D eigenvalue weighted by molar-refractivity contribution is 5.92. The number of nitrogens with zero attached hydrogens (tertiary/aromatic N) is 2. The van der Waals surface area contributed by atoms with Crippen LogP contribution in [0.5, 0.6) is 0 Å². The van der Waals surface area contributed by atoms with Gasteiger partial charge in [0.15, 0.2) is 0 Å². The summed E-state index contributed by atoms with van der Waals surface area (Å²) in [6, 6.07) is 10.9. The van der Waals surface area contributed by atoms with Crippen molar-refractivity contribution >= 4 is 17.3 Å². The number of halogens is 4. The van der Waals surface area contributed by atoms with Gasteiger partial charge in [-0.3, -0.25) is 9.69 Å². The number of alkyl halides is 3. The largest absolute Gasteiger partial charge is 0.416 e. The second kappa shape index (κ2) is 7.96. The zero-order valence-electron chi connectivity index (χ0n) is 14.5. The van der Waals surface area contributed by atoms with E-state index in [1.54, 1.807) is 18.2 Å². The van der Waals surface area contributed by atoms with Gasteiger partial charge in [0, 0.05) is 31.9 Å². The number of nitrogens with one attached hydrogen (secondary N) is 1. The number of anilines is 2. The summed E-state index contributed by atoms with van der Waals surface area (Å²) in [5, 5.41) is 2.60. The van der Waals surface area contributed by atoms with Crippen molar-refractivity contribution in [3.8, 4) is 0 Å². The van der Waals surface area contributed by atoms with Crippen LogP contribution in [-0.2, 0) is 11.0 Å². The molecule has 1 heterocycles. The van der Waals surface area contributed by atoms with Crippen molar-refractivity contribution in [2.24, 2.45) is 0 Å². The fraction of sp³-hybridized carbons (Fsp3) is 0.316. The number of hydrogen-bond acceptors (Lipinski definition) is 3. The van der Waals surface area contributed by atoms with E-state index in [0.29, 0.717) is 37.6 Å². The van der Waals surface area contributed by atoms with Gasteiger partial charge in [0.2, 0.25) is 5.91 Å². The Hall–Kier alpha value is -2.61. The fourth-order valence-electron chi connectivity index (χ4n) is 3.00. The van der Waals surface area contributed by atoms with Crippen LogP contribution in [0.2, 0.25) is 0 Å². The summed E-state index contributed by atoms with van der Waals surface area (Å²) in [6.45, 7) is 2.50. The number of rotatable bonds is 4. The molecule has 27 heavy (non-hydrogen) atoms. The highest BCUT2D eigenvalue weighted by Crippen LogP contribution is 2.29. The van der Waals surface area contributed by atoms with E-state index < -0.39 is 11.7 Å². The van der Waals surface area contributed by atoms with Gasteiger partial charge in [-0.25, -0.2) is 4.39 Å². The Labute approximate surface area is 154 Å². The normalized spacial score (nSPS) is 15.6. The van der Waals surface area contributed by atoms with Crippen molar-refractivity contribution in [2.45, 2.75) is 6.18 Å². The van der Waals surface area contributed by atoms with Crippen molar-refractivity contribution in [1.29, 1.82) is 0 Å². The zero-order valence-corrected chi connectivity index (χ0v) is 14.5. The van der Waals surface area contributed by atoms with Crippen LogP contribution in [0.4, 0.5) is 28.9 Å². The molecule has 1 fully saturated rings. The Kier molecular flexibility index (Phi) is 5.65. The van der Waals surface area contributed by atoms with Crippen LogP contribution in [0.1, 0.15) is 5.56 Å². The van der Waals surface area contributed by atoms with Gasteiger partial charge >= 0.3 is 6.18 Å². The molecule has 0 radical (unpaired) electrons. The van der Waals surface area contributed by atoms with Gasteiger partial charge in [-0.15, -0.1) is 0 Å². The standard InChI is InChI=1S/C19H19F4N3O/c20-16-3-1-2-4-17(16)26-11-9-25(10-12-26)13-18(27)24-15-7-5-14(6-8-15)19(21,22)23/h1-8H,9-13H2,(H,24,27). The molecule has 144 valence electrons. The van der Waals surface area contributed by atoms with Gasteiger partial charge in [-0.2, -0.15) is 13.2 Å². The summed E-state index contributed by atoms with van der Waals surface area (Å²) in [6.07, 6.45) is -4.40. The van der Waals surface area contributed by atoms with Crippen molar-refractivity contribution in [2.75, 3.05) is 42.9 Å². The molecule has 0 atom stereocenters. The Balaban J connectivity index is 1.49. The van der Waals surface area contributed by atoms with Crippen LogP contribution < -0.4 is 10.2 Å². The third-order valence-corrected chi connectivity index (χ3v) is 4.43. The number of carbonyl (C=O) groups is 1. The first-order valence-corrected chi connectivity index (χ1v) is 8.52. The summed E-state index contributed by atoms with van der Waals surface area (Å²) < 4.78 is 51.5. The molecule has 1 saturated heterocycles. The number of amides is 1. The number of hydrogen-bond donors (Lipinski definition) is 1. The van der Waals surface area contributed by atoms with E-state index in [4.69, 9.17) is 0 Å². The van der Waals surface area contributed by atoms with E-state index in [0.717, 1.165) is 12.1 Å². The minimum atomic E-state index is -4.40. The van der Waals surface area contributed by atoms with Crippen LogP contribution in [0.3, 0.4) is 0 Å². The highest BCUT2D eigenvalue weighted by atomic mass is 19.4. The molecule has 0 bridgehead atoms. The summed E-state index contributed by atoms with van der Waals surface area (Å²) in [4.78, 5) is 16.0. The Morgan fingerprint density at radius 3 is 2.19 bits per heavy atom. The molecule has 0 aliphatic carbocycles. The molecule has 1 amide bonds. The molecule has 4 nitrogen and oxygen atoms in total. The lowest BCUT2D eigenvalue weighted by Crippen LogP contribution is -2.48. The monoisotopic (exact) mass is 381 g/mol. The molecule has 8 heteroatoms. The van der Waals surface area contributed by atoms with E-state index >= 15 is 0 Å². The Morgan fingerprint density at radius 2 is 1.59 bits per heavy atom. The molecule has 0 saturated carbocycles. The van der Waals surface area contributed by atoms with Gasteiger partial charge < -0.3 is 10.2 Å². The van der Waals surface area contributed by atoms with Gasteiger partial charge in [-0.05, 0) is 36.4 Å². The highest BCUT2D eigenvalue weighted by Gasteiger charge is 2.30. The zero-order chi connectivity index (χ0) is 19.4. The van der Waals surface area contributed by atoms with E-state index in [-0.39, 0.29) is 18.3 Å². The second-order valence-corrected chi connectivity index (χ2v) is 6.34. The molecule has 2 aromatic carbocycles. The molecule has 3 rings (SSSR count). The van der Waals surface area contributed by atoms with Crippen molar-refractivity contribution in [3.05, 3.63) is 59.9 Å². The molecule has 0 aromatic heterocycles. The van der Waals surface area contributed by atoms with Gasteiger partial charge in [-0.1, -0.05) is 12.1 Å². The minimum absolute atomic E-state index is 0.131. The summed E-state index contributed by atoms with van der Waals surface area (Å²) >= 11 is 0. The lowest BCUT2D eigenvalue weighted by atomic mass is 10.2. The molecule has 0 unspecified atom stereocenters. The maximum Gasteiger partial charge on any atom is 0.416 e. The predicted octanol–water partition coefficient (Wildman–Crippen LogP) is 3.61. The molecular weight excluding hydrogens is 362 g/mol. The van der Waals surface area contributed by atoms with Crippen molar-refractivity contribution < 1.29 is 22.4 Å². The lowest BCUT2D eigenvalue weighted by molar-refractivity contribution is -0.137. The van der Waals surface area contributed by atoms with Crippen molar-refractivity contribution in [3.63, 3.8) is 0 Å². The summed E-state index contributed by atoms with van der Waals surface area (Å²) in [5.41, 5.74) is 0.106. The van der Waals surface area contributed by atoms with Crippen LogP contribution >= 0.6 is 0 Å².